The Morgan fingerprint density at radius 1 is 1.27 bits per heavy atom. The van der Waals surface area contributed by atoms with E-state index < -0.39 is 0 Å². The molecule has 0 saturated heterocycles. The van der Waals surface area contributed by atoms with Crippen LogP contribution in [0.15, 0.2) is 28.2 Å². The molecule has 3 aromatic rings. The fourth-order valence-electron chi connectivity index (χ4n) is 3.54. The summed E-state index contributed by atoms with van der Waals surface area (Å²) in [5.74, 6) is 1.90. The Morgan fingerprint density at radius 3 is 2.67 bits per heavy atom. The van der Waals surface area contributed by atoms with Crippen molar-refractivity contribution in [3.8, 4) is 11.5 Å². The van der Waals surface area contributed by atoms with Gasteiger partial charge in [0.15, 0.2) is 16.7 Å². The van der Waals surface area contributed by atoms with Crippen LogP contribution in [0.3, 0.4) is 0 Å². The Bertz CT molecular complexity index is 1190. The molecular formula is C24H31N3O4S2. The molecule has 178 valence electrons. The van der Waals surface area contributed by atoms with Crippen molar-refractivity contribution in [1.29, 1.82) is 0 Å². The third-order valence-corrected chi connectivity index (χ3v) is 7.62. The quantitative estimate of drug-likeness (QED) is 0.330. The van der Waals surface area contributed by atoms with Gasteiger partial charge in [-0.3, -0.25) is 9.59 Å². The van der Waals surface area contributed by atoms with E-state index in [0.717, 1.165) is 33.7 Å². The van der Waals surface area contributed by atoms with Crippen LogP contribution in [0.4, 0.5) is 0 Å². The summed E-state index contributed by atoms with van der Waals surface area (Å²) in [5.41, 5.74) is 1.90. The molecule has 0 aliphatic heterocycles. The third-order valence-electron chi connectivity index (χ3n) is 5.72. The highest BCUT2D eigenvalue weighted by molar-refractivity contribution is 7.99. The van der Waals surface area contributed by atoms with Crippen molar-refractivity contribution in [2.45, 2.75) is 45.3 Å². The summed E-state index contributed by atoms with van der Waals surface area (Å²) in [6, 6.07) is 5.59. The first-order chi connectivity index (χ1) is 15.8. The number of benzene rings is 1. The lowest BCUT2D eigenvalue weighted by atomic mass is 9.98. The molecule has 0 bridgehead atoms. The van der Waals surface area contributed by atoms with E-state index in [9.17, 15) is 9.59 Å². The van der Waals surface area contributed by atoms with Crippen LogP contribution in [0.5, 0.6) is 11.5 Å². The minimum Gasteiger partial charge on any atom is -0.493 e. The van der Waals surface area contributed by atoms with E-state index in [2.05, 4.69) is 23.8 Å². The number of thioether (sulfide) groups is 1. The van der Waals surface area contributed by atoms with Crippen molar-refractivity contribution in [2.75, 3.05) is 27.0 Å². The topological polar surface area (TPSA) is 84.5 Å². The van der Waals surface area contributed by atoms with Crippen LogP contribution >= 0.6 is 23.1 Å². The smallest absolute Gasteiger partial charge is 0.260 e. The SMILES string of the molecule is CC[C@H](C)Cc1c(C)sc2nc(SCC(=O)N(C)Cc3ccc(OC)c(OC)c3)[nH]c(=O)c12. The number of methoxy groups -OCH3 is 2. The fourth-order valence-corrected chi connectivity index (χ4v) is 5.46. The molecule has 0 saturated carbocycles. The third kappa shape index (κ3) is 5.89. The molecule has 9 heteroatoms. The summed E-state index contributed by atoms with van der Waals surface area (Å²) in [7, 11) is 4.92. The number of rotatable bonds is 10. The highest BCUT2D eigenvalue weighted by atomic mass is 32.2. The maximum atomic E-state index is 12.8. The number of amides is 1. The largest absolute Gasteiger partial charge is 0.493 e. The van der Waals surface area contributed by atoms with E-state index in [-0.39, 0.29) is 17.2 Å². The predicted molar refractivity (Wildman–Crippen MR) is 135 cm³/mol. The predicted octanol–water partition coefficient (Wildman–Crippen LogP) is 4.65. The first-order valence-corrected chi connectivity index (χ1v) is 12.7. The summed E-state index contributed by atoms with van der Waals surface area (Å²) in [6.45, 7) is 6.83. The van der Waals surface area contributed by atoms with Gasteiger partial charge in [-0.25, -0.2) is 4.98 Å². The maximum Gasteiger partial charge on any atom is 0.260 e. The lowest BCUT2D eigenvalue weighted by Gasteiger charge is -2.18. The van der Waals surface area contributed by atoms with Crippen LogP contribution in [0, 0.1) is 12.8 Å². The van der Waals surface area contributed by atoms with Crippen LogP contribution in [0.1, 0.15) is 36.3 Å². The Balaban J connectivity index is 1.68. The molecule has 1 aromatic carbocycles. The molecule has 1 atom stereocenters. The zero-order valence-corrected chi connectivity index (χ0v) is 21.6. The van der Waals surface area contributed by atoms with Crippen molar-refractivity contribution in [3.05, 3.63) is 44.6 Å². The normalized spacial score (nSPS) is 12.1. The molecule has 0 radical (unpaired) electrons. The number of aryl methyl sites for hydroxylation is 1. The number of aromatic nitrogens is 2. The standard InChI is InChI=1S/C24H31N3O4S2/c1-7-14(2)10-17-15(3)33-23-21(17)22(29)25-24(26-23)32-13-20(28)27(4)12-16-8-9-18(30-5)19(11-16)31-6/h8-9,11,14H,7,10,12-13H2,1-6H3,(H,25,26,29)/t14-/m0/s1. The first kappa shape index (κ1) is 25.1. The fraction of sp³-hybridized carbons (Fsp3) is 0.458. The molecule has 33 heavy (non-hydrogen) atoms. The van der Waals surface area contributed by atoms with Crippen LogP contribution in [0.25, 0.3) is 10.2 Å². The molecule has 0 aliphatic carbocycles. The van der Waals surface area contributed by atoms with Gasteiger partial charge in [0.2, 0.25) is 5.91 Å². The van der Waals surface area contributed by atoms with Gasteiger partial charge in [-0.15, -0.1) is 11.3 Å². The van der Waals surface area contributed by atoms with Crippen LogP contribution in [0.2, 0.25) is 0 Å². The van der Waals surface area contributed by atoms with E-state index in [1.165, 1.54) is 11.8 Å². The maximum absolute atomic E-state index is 12.8. The van der Waals surface area contributed by atoms with Gasteiger partial charge >= 0.3 is 0 Å². The molecule has 0 unspecified atom stereocenters. The number of hydrogen-bond donors (Lipinski definition) is 1. The summed E-state index contributed by atoms with van der Waals surface area (Å²) in [6.07, 6.45) is 1.94. The second kappa shape index (κ2) is 11.1. The van der Waals surface area contributed by atoms with E-state index in [1.54, 1.807) is 37.5 Å². The Kier molecular flexibility index (Phi) is 8.42. The number of carbonyl (C=O) groups is 1. The molecule has 0 fully saturated rings. The Morgan fingerprint density at radius 2 is 2.00 bits per heavy atom. The van der Waals surface area contributed by atoms with Gasteiger partial charge in [0.05, 0.1) is 25.4 Å². The van der Waals surface area contributed by atoms with Gasteiger partial charge < -0.3 is 19.4 Å². The van der Waals surface area contributed by atoms with Crippen molar-refractivity contribution in [1.82, 2.24) is 14.9 Å². The molecule has 2 heterocycles. The van der Waals surface area contributed by atoms with Gasteiger partial charge in [0, 0.05) is 18.5 Å². The zero-order valence-electron chi connectivity index (χ0n) is 20.0. The number of aromatic amines is 1. The van der Waals surface area contributed by atoms with Crippen molar-refractivity contribution in [3.63, 3.8) is 0 Å². The van der Waals surface area contributed by atoms with Crippen molar-refractivity contribution < 1.29 is 14.3 Å². The lowest BCUT2D eigenvalue weighted by molar-refractivity contribution is -0.127. The number of fused-ring (bicyclic) bond motifs is 1. The number of hydrogen-bond acceptors (Lipinski definition) is 7. The minimum atomic E-state index is -0.128. The van der Waals surface area contributed by atoms with Gasteiger partial charge in [0.25, 0.3) is 5.56 Å². The Labute approximate surface area is 202 Å². The summed E-state index contributed by atoms with van der Waals surface area (Å²) in [4.78, 5) is 36.5. The van der Waals surface area contributed by atoms with Crippen LogP contribution < -0.4 is 15.0 Å². The summed E-state index contributed by atoms with van der Waals surface area (Å²) in [5, 5.41) is 1.16. The molecule has 3 rings (SSSR count). The molecular weight excluding hydrogens is 458 g/mol. The lowest BCUT2D eigenvalue weighted by Crippen LogP contribution is -2.28. The monoisotopic (exact) mass is 489 g/mol. The van der Waals surface area contributed by atoms with Gasteiger partial charge in [-0.1, -0.05) is 38.1 Å². The van der Waals surface area contributed by atoms with Gasteiger partial charge in [-0.05, 0) is 42.5 Å². The summed E-state index contributed by atoms with van der Waals surface area (Å²) < 4.78 is 10.6. The molecule has 7 nitrogen and oxygen atoms in total. The first-order valence-electron chi connectivity index (χ1n) is 10.9. The second-order valence-electron chi connectivity index (χ2n) is 8.13. The van der Waals surface area contributed by atoms with Crippen molar-refractivity contribution >= 4 is 39.2 Å². The van der Waals surface area contributed by atoms with E-state index in [4.69, 9.17) is 9.47 Å². The highest BCUT2D eigenvalue weighted by Gasteiger charge is 2.18. The van der Waals surface area contributed by atoms with Crippen LogP contribution in [-0.2, 0) is 17.8 Å². The number of carbonyl (C=O) groups excluding carboxylic acids is 1. The number of nitrogens with one attached hydrogen (secondary N) is 1. The Hall–Kier alpha value is -2.52. The molecule has 1 N–H and O–H groups in total. The van der Waals surface area contributed by atoms with Crippen LogP contribution in [-0.4, -0.2) is 47.8 Å². The van der Waals surface area contributed by atoms with E-state index in [0.29, 0.717) is 34.5 Å². The molecule has 1 amide bonds. The van der Waals surface area contributed by atoms with Crippen molar-refractivity contribution in [2.24, 2.45) is 5.92 Å². The number of thiophene rings is 1. The number of H-pyrrole nitrogens is 1. The molecule has 2 aromatic heterocycles. The highest BCUT2D eigenvalue weighted by Crippen LogP contribution is 2.31. The second-order valence-corrected chi connectivity index (χ2v) is 10.3. The van der Waals surface area contributed by atoms with E-state index >= 15 is 0 Å². The number of nitrogens with zero attached hydrogens (tertiary/aromatic N) is 2. The average Bonchev–Trinajstić information content (AvgIpc) is 3.12. The molecule has 0 aliphatic rings. The zero-order chi connectivity index (χ0) is 24.1. The van der Waals surface area contributed by atoms with Gasteiger partial charge in [0.1, 0.15) is 4.83 Å². The summed E-state index contributed by atoms with van der Waals surface area (Å²) >= 11 is 2.79. The number of ether oxygens (including phenoxy) is 2. The van der Waals surface area contributed by atoms with Gasteiger partial charge in [-0.2, -0.15) is 0 Å². The average molecular weight is 490 g/mol. The van der Waals surface area contributed by atoms with E-state index in [1.807, 2.05) is 25.1 Å². The minimum absolute atomic E-state index is 0.0580. The molecule has 0 spiro atoms.